The normalized spacial score (nSPS) is 12.6. The van der Waals surface area contributed by atoms with Gasteiger partial charge in [-0.25, -0.2) is 4.79 Å². The molecule has 164 valence electrons. The van der Waals surface area contributed by atoms with E-state index in [4.69, 9.17) is 4.74 Å². The Bertz CT molecular complexity index is 674. The van der Waals surface area contributed by atoms with Crippen LogP contribution in [0.25, 0.3) is 0 Å². The zero-order valence-corrected chi connectivity index (χ0v) is 18.4. The Labute approximate surface area is 181 Å². The van der Waals surface area contributed by atoms with Crippen molar-refractivity contribution in [2.75, 3.05) is 7.11 Å². The van der Waals surface area contributed by atoms with Crippen molar-refractivity contribution in [3.05, 3.63) is 72.4 Å². The second kappa shape index (κ2) is 17.3. The summed E-state index contributed by atoms with van der Waals surface area (Å²) in [7, 11) is 1.43. The third kappa shape index (κ3) is 12.8. The van der Waals surface area contributed by atoms with Crippen molar-refractivity contribution in [2.45, 2.75) is 70.8 Å². The summed E-state index contributed by atoms with van der Waals surface area (Å²) in [6.07, 6.45) is 20.5. The summed E-state index contributed by atoms with van der Waals surface area (Å²) in [6.45, 7) is 2.08. The van der Waals surface area contributed by atoms with Crippen LogP contribution in [0, 0.1) is 0 Å². The van der Waals surface area contributed by atoms with E-state index < -0.39 is 0 Å². The van der Waals surface area contributed by atoms with Crippen LogP contribution in [0.4, 0.5) is 0 Å². The van der Waals surface area contributed by atoms with E-state index in [0.717, 1.165) is 44.9 Å². The molecule has 0 amide bonds. The molecule has 4 heteroatoms. The van der Waals surface area contributed by atoms with E-state index in [1.54, 1.807) is 12.1 Å². The van der Waals surface area contributed by atoms with Crippen LogP contribution in [0.15, 0.2) is 66.8 Å². The van der Waals surface area contributed by atoms with Gasteiger partial charge in [0.05, 0.1) is 12.7 Å². The van der Waals surface area contributed by atoms with Gasteiger partial charge >= 0.3 is 11.9 Å². The highest BCUT2D eigenvalue weighted by molar-refractivity contribution is 5.89. The van der Waals surface area contributed by atoms with Gasteiger partial charge in [-0.1, -0.05) is 74.8 Å². The fourth-order valence-corrected chi connectivity index (χ4v) is 2.87. The van der Waals surface area contributed by atoms with Crippen molar-refractivity contribution in [2.24, 2.45) is 0 Å². The summed E-state index contributed by atoms with van der Waals surface area (Å²) < 4.78 is 10.3. The maximum atomic E-state index is 12.3. The molecule has 4 nitrogen and oxygen atoms in total. The molecule has 1 aromatic carbocycles. The molecule has 0 saturated carbocycles. The van der Waals surface area contributed by atoms with Crippen molar-refractivity contribution in [3.8, 4) is 0 Å². The number of ether oxygens (including phenoxy) is 2. The lowest BCUT2D eigenvalue weighted by molar-refractivity contribution is -0.140. The van der Waals surface area contributed by atoms with E-state index in [1.165, 1.54) is 7.11 Å². The number of allylic oxidation sites excluding steroid dienone is 4. The number of unbranched alkanes of at least 4 members (excludes halogenated alkanes) is 5. The zero-order chi connectivity index (χ0) is 21.9. The fourth-order valence-electron chi connectivity index (χ4n) is 2.87. The molecule has 0 aliphatic heterocycles. The second-order valence-corrected chi connectivity index (χ2v) is 7.12. The van der Waals surface area contributed by atoms with Crippen LogP contribution in [0.1, 0.15) is 75.1 Å². The first-order valence-corrected chi connectivity index (χ1v) is 11.0. The van der Waals surface area contributed by atoms with Crippen molar-refractivity contribution < 1.29 is 19.1 Å². The van der Waals surface area contributed by atoms with Gasteiger partial charge in [0.15, 0.2) is 0 Å². The monoisotopic (exact) mass is 412 g/mol. The van der Waals surface area contributed by atoms with Crippen LogP contribution >= 0.6 is 0 Å². The lowest BCUT2D eigenvalue weighted by Crippen LogP contribution is -2.15. The Morgan fingerprint density at radius 3 is 2.40 bits per heavy atom. The number of rotatable bonds is 15. The van der Waals surface area contributed by atoms with E-state index in [9.17, 15) is 9.59 Å². The van der Waals surface area contributed by atoms with Crippen LogP contribution in [0.2, 0.25) is 0 Å². The van der Waals surface area contributed by atoms with Gasteiger partial charge in [-0.3, -0.25) is 4.79 Å². The maximum absolute atomic E-state index is 12.3. The lowest BCUT2D eigenvalue weighted by atomic mass is 10.1. The third-order valence-electron chi connectivity index (χ3n) is 4.59. The molecule has 0 heterocycles. The molecule has 1 aromatic rings. The number of hydrogen-bond donors (Lipinski definition) is 0. The molecule has 0 saturated heterocycles. The Kier molecular flexibility index (Phi) is 14.6. The number of methoxy groups -OCH3 is 1. The quantitative estimate of drug-likeness (QED) is 0.141. The summed E-state index contributed by atoms with van der Waals surface area (Å²) in [4.78, 5) is 23.3. The molecule has 1 atom stereocenters. The van der Waals surface area contributed by atoms with Crippen LogP contribution in [-0.4, -0.2) is 25.2 Å². The average Bonchev–Trinajstić information content (AvgIpc) is 2.77. The van der Waals surface area contributed by atoms with Crippen molar-refractivity contribution in [1.29, 1.82) is 0 Å². The van der Waals surface area contributed by atoms with Crippen molar-refractivity contribution >= 4 is 11.9 Å². The summed E-state index contributed by atoms with van der Waals surface area (Å²) >= 11 is 0. The second-order valence-electron chi connectivity index (χ2n) is 7.12. The summed E-state index contributed by atoms with van der Waals surface area (Å²) in [5.74, 6) is -0.422. The predicted molar refractivity (Wildman–Crippen MR) is 122 cm³/mol. The minimum absolute atomic E-state index is 0.123. The van der Waals surface area contributed by atoms with E-state index in [1.807, 2.05) is 36.4 Å². The highest BCUT2D eigenvalue weighted by Gasteiger charge is 2.11. The first-order chi connectivity index (χ1) is 14.7. The number of carbonyl (C=O) groups is 2. The molecular formula is C26H36O4. The topological polar surface area (TPSA) is 52.6 Å². The molecule has 0 unspecified atom stereocenters. The van der Waals surface area contributed by atoms with Gasteiger partial charge in [0.25, 0.3) is 0 Å². The Morgan fingerprint density at radius 2 is 1.67 bits per heavy atom. The average molecular weight is 413 g/mol. The van der Waals surface area contributed by atoms with Crippen molar-refractivity contribution in [1.82, 2.24) is 0 Å². The van der Waals surface area contributed by atoms with Crippen LogP contribution in [0.3, 0.4) is 0 Å². The molecule has 30 heavy (non-hydrogen) atoms. The molecule has 0 radical (unpaired) electrons. The molecule has 0 aromatic heterocycles. The number of esters is 2. The number of hydrogen-bond acceptors (Lipinski definition) is 4. The fraction of sp³-hybridized carbons (Fsp3) is 0.462. The van der Waals surface area contributed by atoms with E-state index in [-0.39, 0.29) is 18.0 Å². The highest BCUT2D eigenvalue weighted by atomic mass is 16.5. The van der Waals surface area contributed by atoms with E-state index in [0.29, 0.717) is 18.4 Å². The highest BCUT2D eigenvalue weighted by Crippen LogP contribution is 2.10. The van der Waals surface area contributed by atoms with Gasteiger partial charge in [0.2, 0.25) is 0 Å². The Balaban J connectivity index is 2.32. The van der Waals surface area contributed by atoms with Crippen LogP contribution < -0.4 is 0 Å². The first-order valence-electron chi connectivity index (χ1n) is 11.0. The molecule has 0 spiro atoms. The minimum Gasteiger partial charge on any atom is -0.469 e. The van der Waals surface area contributed by atoms with Gasteiger partial charge in [-0.05, 0) is 43.9 Å². The minimum atomic E-state index is -0.300. The molecule has 0 aliphatic carbocycles. The third-order valence-corrected chi connectivity index (χ3v) is 4.59. The lowest BCUT2D eigenvalue weighted by Gasteiger charge is -2.12. The number of benzene rings is 1. The Hall–Kier alpha value is -2.62. The summed E-state index contributed by atoms with van der Waals surface area (Å²) in [6, 6.07) is 9.08. The zero-order valence-electron chi connectivity index (χ0n) is 18.4. The molecule has 0 aliphatic rings. The molecular weight excluding hydrogens is 376 g/mol. The molecule has 0 N–H and O–H groups in total. The van der Waals surface area contributed by atoms with Gasteiger partial charge in [0.1, 0.15) is 6.10 Å². The molecule has 0 fully saturated rings. The van der Waals surface area contributed by atoms with E-state index in [2.05, 4.69) is 29.9 Å². The largest absolute Gasteiger partial charge is 0.469 e. The van der Waals surface area contributed by atoms with Gasteiger partial charge in [-0.2, -0.15) is 0 Å². The van der Waals surface area contributed by atoms with Gasteiger partial charge in [0, 0.05) is 12.8 Å². The van der Waals surface area contributed by atoms with Gasteiger partial charge < -0.3 is 9.47 Å². The Morgan fingerprint density at radius 1 is 0.933 bits per heavy atom. The standard InChI is InChI=1S/C26H36O4/c1-3-4-13-20-24(30-26(28)23-18-14-12-15-19-23)21-16-10-8-6-5-7-9-11-17-22-25(27)29-2/h4,8,10,12-16,18-19,21,24H,3,5-7,9,11,17,20,22H2,1-2H3/b10-8+,13-4+,21-16+/t24-/m0/s1. The predicted octanol–water partition coefficient (Wildman–Crippen LogP) is 6.58. The molecule has 1 rings (SSSR count). The van der Waals surface area contributed by atoms with Crippen LogP contribution in [0.5, 0.6) is 0 Å². The maximum Gasteiger partial charge on any atom is 0.338 e. The van der Waals surface area contributed by atoms with E-state index >= 15 is 0 Å². The van der Waals surface area contributed by atoms with Gasteiger partial charge in [-0.15, -0.1) is 0 Å². The summed E-state index contributed by atoms with van der Waals surface area (Å²) in [5.41, 5.74) is 0.567. The smallest absolute Gasteiger partial charge is 0.338 e. The SMILES string of the molecule is CC/C=C/C[C@@H](/C=C/C=C/CCCCCCCC(=O)OC)OC(=O)c1ccccc1. The first kappa shape index (κ1) is 25.4. The molecule has 0 bridgehead atoms. The van der Waals surface area contributed by atoms with Crippen LogP contribution in [-0.2, 0) is 14.3 Å². The number of carbonyl (C=O) groups excluding carboxylic acids is 2. The van der Waals surface area contributed by atoms with Crippen molar-refractivity contribution in [3.63, 3.8) is 0 Å². The summed E-state index contributed by atoms with van der Waals surface area (Å²) in [5, 5.41) is 0.